The molecule has 4 nitrogen and oxygen atoms in total. The Labute approximate surface area is 94.3 Å². The van der Waals surface area contributed by atoms with Crippen LogP contribution in [-0.4, -0.2) is 27.3 Å². The number of rotatable bonds is 2. The average Bonchev–Trinajstić information content (AvgIpc) is 2.86. The van der Waals surface area contributed by atoms with Gasteiger partial charge in [0.1, 0.15) is 0 Å². The van der Waals surface area contributed by atoms with Crippen LogP contribution in [0.25, 0.3) is 5.65 Å². The van der Waals surface area contributed by atoms with Crippen LogP contribution >= 0.6 is 0 Å². The number of fused-ring (bicyclic) bond motifs is 1. The number of pyridine rings is 1. The van der Waals surface area contributed by atoms with E-state index in [2.05, 4.69) is 23.1 Å². The third kappa shape index (κ3) is 1.80. The molecular weight excluding hydrogens is 202 g/mol. The first-order chi connectivity index (χ1) is 7.81. The zero-order valence-electron chi connectivity index (χ0n) is 9.39. The largest absolute Gasteiger partial charge is 0.378 e. The van der Waals surface area contributed by atoms with E-state index in [1.165, 1.54) is 5.56 Å². The minimum atomic E-state index is 0.318. The lowest BCUT2D eigenvalue weighted by Gasteiger charge is -2.04. The molecule has 0 radical (unpaired) electrons. The van der Waals surface area contributed by atoms with Crippen molar-refractivity contribution >= 4 is 5.65 Å². The van der Waals surface area contributed by atoms with E-state index in [4.69, 9.17) is 4.74 Å². The second kappa shape index (κ2) is 3.87. The van der Waals surface area contributed by atoms with Gasteiger partial charge in [-0.1, -0.05) is 6.07 Å². The summed E-state index contributed by atoms with van der Waals surface area (Å²) in [7, 11) is 0. The first-order valence-electron chi connectivity index (χ1n) is 5.75. The maximum Gasteiger partial charge on any atom is 0.155 e. The van der Waals surface area contributed by atoms with Crippen LogP contribution in [-0.2, 0) is 11.2 Å². The quantitative estimate of drug-likeness (QED) is 0.769. The van der Waals surface area contributed by atoms with E-state index < -0.39 is 0 Å². The molecule has 0 amide bonds. The predicted molar refractivity (Wildman–Crippen MR) is 60.4 cm³/mol. The summed E-state index contributed by atoms with van der Waals surface area (Å²) in [4.78, 5) is 4.49. The van der Waals surface area contributed by atoms with E-state index in [9.17, 15) is 0 Å². The number of hydrogen-bond acceptors (Lipinski definition) is 3. The predicted octanol–water partition coefficient (Wildman–Crippen LogP) is 1.76. The van der Waals surface area contributed by atoms with Crippen LogP contribution in [0.4, 0.5) is 0 Å². The lowest BCUT2D eigenvalue weighted by Crippen LogP contribution is -2.10. The summed E-state index contributed by atoms with van der Waals surface area (Å²) in [6, 6.07) is 4.06. The zero-order valence-corrected chi connectivity index (χ0v) is 9.39. The highest BCUT2D eigenvalue weighted by Crippen LogP contribution is 2.16. The molecule has 1 fully saturated rings. The molecule has 1 unspecified atom stereocenters. The minimum absolute atomic E-state index is 0.318. The summed E-state index contributed by atoms with van der Waals surface area (Å²) >= 11 is 0. The van der Waals surface area contributed by atoms with Gasteiger partial charge in [-0.3, -0.25) is 0 Å². The van der Waals surface area contributed by atoms with Crippen molar-refractivity contribution in [3.8, 4) is 0 Å². The molecular formula is C12H15N3O. The van der Waals surface area contributed by atoms with Gasteiger partial charge in [-0.2, -0.15) is 5.10 Å². The Balaban J connectivity index is 1.86. The van der Waals surface area contributed by atoms with Crippen molar-refractivity contribution in [1.82, 2.24) is 14.6 Å². The number of ether oxygens (including phenoxy) is 1. The molecule has 1 saturated heterocycles. The highest BCUT2D eigenvalue weighted by molar-refractivity contribution is 5.38. The summed E-state index contributed by atoms with van der Waals surface area (Å²) in [5.41, 5.74) is 2.11. The van der Waals surface area contributed by atoms with Gasteiger partial charge in [-0.15, -0.1) is 0 Å². The fraction of sp³-hybridized carbons (Fsp3) is 0.500. The molecule has 1 aliphatic heterocycles. The number of nitrogens with zero attached hydrogens (tertiary/aromatic N) is 3. The van der Waals surface area contributed by atoms with Crippen molar-refractivity contribution in [2.24, 2.45) is 0 Å². The molecule has 84 valence electrons. The third-order valence-electron chi connectivity index (χ3n) is 2.96. The van der Waals surface area contributed by atoms with E-state index in [0.717, 1.165) is 37.3 Å². The van der Waals surface area contributed by atoms with Crippen LogP contribution in [0.2, 0.25) is 0 Å². The van der Waals surface area contributed by atoms with Crippen LogP contribution in [0, 0.1) is 6.92 Å². The molecule has 1 atom stereocenters. The molecule has 1 aliphatic rings. The van der Waals surface area contributed by atoms with Gasteiger partial charge in [-0.05, 0) is 31.4 Å². The average molecular weight is 217 g/mol. The molecule has 0 spiro atoms. The Morgan fingerprint density at radius 1 is 1.50 bits per heavy atom. The molecule has 3 heterocycles. The van der Waals surface area contributed by atoms with Crippen LogP contribution in [0.1, 0.15) is 24.2 Å². The van der Waals surface area contributed by atoms with Gasteiger partial charge in [0.15, 0.2) is 11.5 Å². The normalized spacial score (nSPS) is 20.7. The van der Waals surface area contributed by atoms with Crippen LogP contribution in [0.15, 0.2) is 18.3 Å². The van der Waals surface area contributed by atoms with Gasteiger partial charge in [0.25, 0.3) is 0 Å². The van der Waals surface area contributed by atoms with Crippen molar-refractivity contribution in [2.75, 3.05) is 6.61 Å². The molecule has 0 N–H and O–H groups in total. The van der Waals surface area contributed by atoms with Crippen molar-refractivity contribution in [3.05, 3.63) is 29.7 Å². The van der Waals surface area contributed by atoms with Crippen LogP contribution in [0.3, 0.4) is 0 Å². The molecule has 2 aromatic rings. The van der Waals surface area contributed by atoms with Gasteiger partial charge in [0.2, 0.25) is 0 Å². The SMILES string of the molecule is Cc1ccc2nc(CC3CCCO3)nn2c1. The van der Waals surface area contributed by atoms with Crippen molar-refractivity contribution in [2.45, 2.75) is 32.3 Å². The van der Waals surface area contributed by atoms with Gasteiger partial charge in [-0.25, -0.2) is 9.50 Å². The molecule has 4 heteroatoms. The van der Waals surface area contributed by atoms with Gasteiger partial charge < -0.3 is 4.74 Å². The summed E-state index contributed by atoms with van der Waals surface area (Å²) in [6.07, 6.45) is 5.45. The van der Waals surface area contributed by atoms with Crippen molar-refractivity contribution < 1.29 is 4.74 Å². The summed E-state index contributed by atoms with van der Waals surface area (Å²) in [5, 5.41) is 4.46. The minimum Gasteiger partial charge on any atom is -0.378 e. The molecule has 0 aliphatic carbocycles. The molecule has 3 rings (SSSR count). The molecule has 0 bridgehead atoms. The highest BCUT2D eigenvalue weighted by Gasteiger charge is 2.18. The lowest BCUT2D eigenvalue weighted by atomic mass is 10.2. The molecule has 2 aromatic heterocycles. The Hall–Kier alpha value is -1.42. The summed E-state index contributed by atoms with van der Waals surface area (Å²) < 4.78 is 7.43. The maximum atomic E-state index is 5.59. The molecule has 0 saturated carbocycles. The fourth-order valence-corrected chi connectivity index (χ4v) is 2.13. The number of aryl methyl sites for hydroxylation is 1. The lowest BCUT2D eigenvalue weighted by molar-refractivity contribution is 0.110. The topological polar surface area (TPSA) is 39.4 Å². The van der Waals surface area contributed by atoms with Crippen molar-refractivity contribution in [1.29, 1.82) is 0 Å². The molecule has 0 aromatic carbocycles. The zero-order chi connectivity index (χ0) is 11.0. The second-order valence-corrected chi connectivity index (χ2v) is 4.38. The van der Waals surface area contributed by atoms with Crippen LogP contribution in [0.5, 0.6) is 0 Å². The Morgan fingerprint density at radius 2 is 2.44 bits per heavy atom. The Bertz CT molecular complexity index is 500. The molecule has 16 heavy (non-hydrogen) atoms. The first-order valence-corrected chi connectivity index (χ1v) is 5.75. The van der Waals surface area contributed by atoms with Gasteiger partial charge in [0, 0.05) is 19.2 Å². The number of hydrogen-bond donors (Lipinski definition) is 0. The van der Waals surface area contributed by atoms with E-state index in [0.29, 0.717) is 6.10 Å². The second-order valence-electron chi connectivity index (χ2n) is 4.38. The van der Waals surface area contributed by atoms with E-state index in [-0.39, 0.29) is 0 Å². The fourth-order valence-electron chi connectivity index (χ4n) is 2.13. The highest BCUT2D eigenvalue weighted by atomic mass is 16.5. The summed E-state index contributed by atoms with van der Waals surface area (Å²) in [6.45, 7) is 2.94. The Morgan fingerprint density at radius 3 is 3.25 bits per heavy atom. The van der Waals surface area contributed by atoms with E-state index >= 15 is 0 Å². The summed E-state index contributed by atoms with van der Waals surface area (Å²) in [5.74, 6) is 0.887. The smallest absolute Gasteiger partial charge is 0.155 e. The van der Waals surface area contributed by atoms with E-state index in [1.54, 1.807) is 0 Å². The van der Waals surface area contributed by atoms with Crippen molar-refractivity contribution in [3.63, 3.8) is 0 Å². The van der Waals surface area contributed by atoms with Gasteiger partial charge in [0.05, 0.1) is 6.10 Å². The number of aromatic nitrogens is 3. The maximum absolute atomic E-state index is 5.59. The van der Waals surface area contributed by atoms with E-state index in [1.807, 2.05) is 16.8 Å². The monoisotopic (exact) mass is 217 g/mol. The third-order valence-corrected chi connectivity index (χ3v) is 2.96. The van der Waals surface area contributed by atoms with Gasteiger partial charge >= 0.3 is 0 Å². The standard InChI is InChI=1S/C12H15N3O/c1-9-4-5-12-13-11(14-15(12)8-9)7-10-3-2-6-16-10/h4-5,8,10H,2-3,6-7H2,1H3. The Kier molecular flexibility index (Phi) is 2.36. The van der Waals surface area contributed by atoms with Crippen LogP contribution < -0.4 is 0 Å². The first kappa shape index (κ1) is 9.78.